The summed E-state index contributed by atoms with van der Waals surface area (Å²) in [6, 6.07) is 6.15. The molecule has 0 saturated heterocycles. The van der Waals surface area contributed by atoms with E-state index < -0.39 is 5.82 Å². The molecule has 2 rings (SSSR count). The molecule has 1 amide bonds. The van der Waals surface area contributed by atoms with Crippen molar-refractivity contribution in [2.45, 2.75) is 24.8 Å². The third-order valence-corrected chi connectivity index (χ3v) is 4.22. The average molecular weight is 264 g/mol. The van der Waals surface area contributed by atoms with E-state index in [1.165, 1.54) is 18.6 Å². The normalized spacial score (nSPS) is 17.1. The summed E-state index contributed by atoms with van der Waals surface area (Å²) in [5, 5.41) is 0. The average Bonchev–Trinajstić information content (AvgIpc) is 2.32. The van der Waals surface area contributed by atoms with Crippen LogP contribution in [0.15, 0.2) is 24.3 Å². The van der Waals surface area contributed by atoms with E-state index in [1.54, 1.807) is 24.1 Å². The van der Waals surface area contributed by atoms with Crippen LogP contribution in [0.1, 0.15) is 29.6 Å². The number of hydrogen-bond donors (Lipinski definition) is 0. The van der Waals surface area contributed by atoms with Crippen molar-refractivity contribution in [2.24, 2.45) is 0 Å². The minimum Gasteiger partial charge on any atom is -0.340 e. The second-order valence-corrected chi connectivity index (χ2v) is 5.61. The quantitative estimate of drug-likeness (QED) is 0.833. The smallest absolute Gasteiger partial charge is 0.256 e. The molecule has 0 radical (unpaired) electrons. The van der Waals surface area contributed by atoms with E-state index in [-0.39, 0.29) is 17.0 Å². The van der Waals surface area contributed by atoms with Gasteiger partial charge >= 0.3 is 0 Å². The lowest BCUT2D eigenvalue weighted by Gasteiger charge is -2.49. The Bertz CT molecular complexity index is 469. The molecule has 0 aliphatic heterocycles. The van der Waals surface area contributed by atoms with Crippen LogP contribution in [-0.2, 0) is 0 Å². The predicted octanol–water partition coefficient (Wildman–Crippen LogP) is 2.38. The maximum absolute atomic E-state index is 13.6. The van der Waals surface area contributed by atoms with Gasteiger partial charge in [0.1, 0.15) is 5.82 Å². The second kappa shape index (κ2) is 5.29. The Labute approximate surface area is 114 Å². The van der Waals surface area contributed by atoms with Gasteiger partial charge in [-0.1, -0.05) is 12.1 Å². The number of halogens is 1. The second-order valence-electron chi connectivity index (χ2n) is 5.61. The highest BCUT2D eigenvalue weighted by Gasteiger charge is 2.40. The molecule has 0 bridgehead atoms. The molecule has 1 fully saturated rings. The van der Waals surface area contributed by atoms with E-state index in [0.717, 1.165) is 12.8 Å². The largest absolute Gasteiger partial charge is 0.340 e. The lowest BCUT2D eigenvalue weighted by atomic mass is 9.75. The molecule has 1 saturated carbocycles. The Morgan fingerprint density at radius 3 is 2.37 bits per heavy atom. The monoisotopic (exact) mass is 264 g/mol. The van der Waals surface area contributed by atoms with Gasteiger partial charge in [-0.05, 0) is 45.5 Å². The first-order valence-corrected chi connectivity index (χ1v) is 6.64. The first kappa shape index (κ1) is 14.0. The van der Waals surface area contributed by atoms with Crippen molar-refractivity contribution < 1.29 is 9.18 Å². The Morgan fingerprint density at radius 1 is 1.26 bits per heavy atom. The number of hydrogen-bond acceptors (Lipinski definition) is 2. The van der Waals surface area contributed by atoms with Crippen LogP contribution in [0, 0.1) is 5.82 Å². The van der Waals surface area contributed by atoms with Gasteiger partial charge < -0.3 is 9.80 Å². The molecule has 1 aromatic rings. The molecule has 1 aromatic carbocycles. The molecule has 3 nitrogen and oxygen atoms in total. The fourth-order valence-electron chi connectivity index (χ4n) is 2.69. The highest BCUT2D eigenvalue weighted by Crippen LogP contribution is 2.36. The van der Waals surface area contributed by atoms with Crippen LogP contribution in [0.4, 0.5) is 4.39 Å². The molecule has 19 heavy (non-hydrogen) atoms. The molecule has 4 heteroatoms. The highest BCUT2D eigenvalue weighted by molar-refractivity contribution is 5.94. The minimum absolute atomic E-state index is 0.0651. The van der Waals surface area contributed by atoms with Crippen LogP contribution < -0.4 is 0 Å². The summed E-state index contributed by atoms with van der Waals surface area (Å²) < 4.78 is 13.6. The van der Waals surface area contributed by atoms with Gasteiger partial charge in [0.25, 0.3) is 5.91 Å². The highest BCUT2D eigenvalue weighted by atomic mass is 19.1. The van der Waals surface area contributed by atoms with Crippen molar-refractivity contribution in [3.63, 3.8) is 0 Å². The van der Waals surface area contributed by atoms with E-state index in [0.29, 0.717) is 6.54 Å². The number of benzene rings is 1. The lowest BCUT2D eigenvalue weighted by Crippen LogP contribution is -2.57. The Hall–Kier alpha value is -1.42. The summed E-state index contributed by atoms with van der Waals surface area (Å²) in [6.07, 6.45) is 3.38. The number of nitrogens with zero attached hydrogens (tertiary/aromatic N) is 2. The Morgan fingerprint density at radius 2 is 1.89 bits per heavy atom. The molecule has 0 heterocycles. The minimum atomic E-state index is -0.452. The first-order chi connectivity index (χ1) is 8.96. The third-order valence-electron chi connectivity index (χ3n) is 4.22. The summed E-state index contributed by atoms with van der Waals surface area (Å²) in [5.74, 6) is -0.696. The molecule has 1 aliphatic carbocycles. The van der Waals surface area contributed by atoms with Crippen LogP contribution in [0.2, 0.25) is 0 Å². The van der Waals surface area contributed by atoms with Crippen LogP contribution in [0.5, 0.6) is 0 Å². The number of carbonyl (C=O) groups is 1. The molecular formula is C15H21FN2O. The zero-order valence-electron chi connectivity index (χ0n) is 11.8. The molecule has 104 valence electrons. The van der Waals surface area contributed by atoms with Crippen molar-refractivity contribution in [3.8, 4) is 0 Å². The van der Waals surface area contributed by atoms with Gasteiger partial charge in [0.15, 0.2) is 0 Å². The van der Waals surface area contributed by atoms with Crippen LogP contribution in [0.25, 0.3) is 0 Å². The molecule has 0 aromatic heterocycles. The van der Waals surface area contributed by atoms with Crippen LogP contribution >= 0.6 is 0 Å². The zero-order chi connectivity index (χ0) is 14.0. The van der Waals surface area contributed by atoms with E-state index in [4.69, 9.17) is 0 Å². The van der Waals surface area contributed by atoms with Crippen molar-refractivity contribution in [3.05, 3.63) is 35.6 Å². The first-order valence-electron chi connectivity index (χ1n) is 6.64. The number of likely N-dealkylation sites (N-methyl/N-ethyl adjacent to an activating group) is 2. The summed E-state index contributed by atoms with van der Waals surface area (Å²) in [6.45, 7) is 0.646. The number of carbonyl (C=O) groups excluding carboxylic acids is 1. The Balaban J connectivity index is 2.10. The van der Waals surface area contributed by atoms with Gasteiger partial charge in [-0.2, -0.15) is 0 Å². The maximum Gasteiger partial charge on any atom is 0.256 e. The zero-order valence-corrected chi connectivity index (χ0v) is 11.8. The number of rotatable bonds is 4. The standard InChI is InChI=1S/C15H21FN2O/c1-17(2)15(9-6-10-15)11-18(3)14(19)12-7-4-5-8-13(12)16/h4-5,7-8H,6,9-11H2,1-3H3. The topological polar surface area (TPSA) is 23.6 Å². The molecule has 0 N–H and O–H groups in total. The van der Waals surface area contributed by atoms with Gasteiger partial charge in [0.05, 0.1) is 5.56 Å². The fourth-order valence-corrected chi connectivity index (χ4v) is 2.69. The van der Waals surface area contributed by atoms with Crippen molar-refractivity contribution in [1.29, 1.82) is 0 Å². The van der Waals surface area contributed by atoms with Gasteiger partial charge in [-0.25, -0.2) is 4.39 Å². The Kier molecular flexibility index (Phi) is 3.90. The maximum atomic E-state index is 13.6. The molecule has 0 unspecified atom stereocenters. The van der Waals surface area contributed by atoms with Crippen molar-refractivity contribution >= 4 is 5.91 Å². The van der Waals surface area contributed by atoms with E-state index in [1.807, 2.05) is 14.1 Å². The third kappa shape index (κ3) is 2.63. The number of amides is 1. The van der Waals surface area contributed by atoms with E-state index in [2.05, 4.69) is 4.90 Å². The van der Waals surface area contributed by atoms with Crippen LogP contribution in [0.3, 0.4) is 0 Å². The van der Waals surface area contributed by atoms with Gasteiger partial charge in [0, 0.05) is 19.1 Å². The molecule has 0 spiro atoms. The summed E-state index contributed by atoms with van der Waals surface area (Å²) in [5.41, 5.74) is 0.216. The van der Waals surface area contributed by atoms with Gasteiger partial charge in [-0.15, -0.1) is 0 Å². The SMILES string of the molecule is CN(CC1(N(C)C)CCC1)C(=O)c1ccccc1F. The van der Waals surface area contributed by atoms with Crippen molar-refractivity contribution in [1.82, 2.24) is 9.80 Å². The summed E-state index contributed by atoms with van der Waals surface area (Å²) in [7, 11) is 5.83. The fraction of sp³-hybridized carbons (Fsp3) is 0.533. The predicted molar refractivity (Wildman–Crippen MR) is 73.6 cm³/mol. The van der Waals surface area contributed by atoms with Crippen molar-refractivity contribution in [2.75, 3.05) is 27.7 Å². The van der Waals surface area contributed by atoms with E-state index in [9.17, 15) is 9.18 Å². The van der Waals surface area contributed by atoms with E-state index >= 15 is 0 Å². The molecular weight excluding hydrogens is 243 g/mol. The van der Waals surface area contributed by atoms with Gasteiger partial charge in [-0.3, -0.25) is 4.79 Å². The van der Waals surface area contributed by atoms with Crippen LogP contribution in [-0.4, -0.2) is 48.9 Å². The summed E-state index contributed by atoms with van der Waals surface area (Å²) >= 11 is 0. The lowest BCUT2D eigenvalue weighted by molar-refractivity contribution is 0.0250. The molecule has 0 atom stereocenters. The summed E-state index contributed by atoms with van der Waals surface area (Å²) in [4.78, 5) is 16.1. The molecule has 1 aliphatic rings. The van der Waals surface area contributed by atoms with Gasteiger partial charge in [0.2, 0.25) is 0 Å².